The average molecular weight is 623 g/mol. The third-order valence-corrected chi connectivity index (χ3v) is 11.0. The van der Waals surface area contributed by atoms with E-state index in [1.165, 1.54) is 98.7 Å². The number of hydrogen-bond donors (Lipinski definition) is 0. The van der Waals surface area contributed by atoms with Gasteiger partial charge in [0.05, 0.1) is 0 Å². The molecule has 0 spiro atoms. The van der Waals surface area contributed by atoms with Crippen LogP contribution in [0.3, 0.4) is 0 Å². The predicted octanol–water partition coefficient (Wildman–Crippen LogP) is 13.6. The topological polar surface area (TPSA) is 0 Å². The Morgan fingerprint density at radius 2 is 0.816 bits per heavy atom. The van der Waals surface area contributed by atoms with Gasteiger partial charge in [-0.1, -0.05) is 166 Å². The number of fused-ring (bicyclic) bond motifs is 7. The highest BCUT2D eigenvalue weighted by Crippen LogP contribution is 2.54. The van der Waals surface area contributed by atoms with Gasteiger partial charge in [0.25, 0.3) is 0 Å². The van der Waals surface area contributed by atoms with Gasteiger partial charge in [0, 0.05) is 5.41 Å². The van der Waals surface area contributed by atoms with Gasteiger partial charge >= 0.3 is 0 Å². The van der Waals surface area contributed by atoms with Crippen LogP contribution < -0.4 is 0 Å². The highest BCUT2D eigenvalue weighted by atomic mass is 14.4. The predicted molar refractivity (Wildman–Crippen MR) is 210 cm³/mol. The fourth-order valence-corrected chi connectivity index (χ4v) is 8.64. The van der Waals surface area contributed by atoms with Gasteiger partial charge < -0.3 is 0 Å². The molecule has 0 saturated carbocycles. The Labute approximate surface area is 286 Å². The smallest absolute Gasteiger partial charge is 0.0159 e. The zero-order valence-corrected chi connectivity index (χ0v) is 27.7. The molecule has 0 nitrogen and oxygen atoms in total. The fourth-order valence-electron chi connectivity index (χ4n) is 8.64. The van der Waals surface area contributed by atoms with Crippen molar-refractivity contribution in [3.05, 3.63) is 181 Å². The van der Waals surface area contributed by atoms with Gasteiger partial charge in [-0.05, 0) is 117 Å². The van der Waals surface area contributed by atoms with Crippen LogP contribution in [-0.2, 0) is 5.41 Å². The summed E-state index contributed by atoms with van der Waals surface area (Å²) < 4.78 is 0. The minimum absolute atomic E-state index is 0.0746. The SMILES string of the molecule is CC1(C)c2ccccc2-c2c(-c3c4ccccc4c(-c4ccc5ccccc5c4)c4ccc(-c5ccc6ccccc6c5)cc34)cccc21. The maximum Gasteiger partial charge on any atom is 0.0159 e. The Morgan fingerprint density at radius 1 is 0.306 bits per heavy atom. The quantitative estimate of drug-likeness (QED) is 0.172. The molecule has 49 heavy (non-hydrogen) atoms. The molecule has 0 fully saturated rings. The molecule has 9 aromatic carbocycles. The van der Waals surface area contributed by atoms with Crippen molar-refractivity contribution in [1.82, 2.24) is 0 Å². The standard InChI is InChI=1S/C49H34/c1-49(2)44-20-10-9-18-41(44)48-42(19-11-21-45(48)49)47-39-17-8-7-16-38(39)46(37-25-23-32-13-4-6-15-34(32)29-37)40-27-26-36(30-43(40)47)35-24-22-31-12-3-5-14-33(31)28-35/h3-30H,1-2H3. The van der Waals surface area contributed by atoms with Crippen molar-refractivity contribution in [2.75, 3.05) is 0 Å². The molecule has 0 aromatic heterocycles. The van der Waals surface area contributed by atoms with E-state index in [9.17, 15) is 0 Å². The van der Waals surface area contributed by atoms with Crippen LogP contribution in [0.25, 0.3) is 87.6 Å². The van der Waals surface area contributed by atoms with Crippen LogP contribution in [0.2, 0.25) is 0 Å². The maximum atomic E-state index is 2.46. The molecule has 0 aliphatic heterocycles. The summed E-state index contributed by atoms with van der Waals surface area (Å²) in [7, 11) is 0. The third kappa shape index (κ3) is 4.17. The minimum atomic E-state index is -0.0746. The van der Waals surface area contributed by atoms with Crippen LogP contribution in [-0.4, -0.2) is 0 Å². The lowest BCUT2D eigenvalue weighted by molar-refractivity contribution is 0.660. The number of benzene rings is 9. The van der Waals surface area contributed by atoms with Crippen LogP contribution in [0.4, 0.5) is 0 Å². The first-order valence-corrected chi connectivity index (χ1v) is 17.3. The summed E-state index contributed by atoms with van der Waals surface area (Å²) in [5.74, 6) is 0. The normalized spacial score (nSPS) is 13.3. The second-order valence-corrected chi connectivity index (χ2v) is 14.1. The molecule has 0 atom stereocenters. The molecule has 1 aliphatic rings. The van der Waals surface area contributed by atoms with E-state index >= 15 is 0 Å². The lowest BCUT2D eigenvalue weighted by atomic mass is 9.80. The number of rotatable bonds is 3. The summed E-state index contributed by atoms with van der Waals surface area (Å²) in [5.41, 5.74) is 13.0. The first-order valence-electron chi connectivity index (χ1n) is 17.3. The first-order chi connectivity index (χ1) is 24.1. The second kappa shape index (κ2) is 10.5. The van der Waals surface area contributed by atoms with Crippen LogP contribution in [0.15, 0.2) is 170 Å². The van der Waals surface area contributed by atoms with Crippen molar-refractivity contribution < 1.29 is 0 Å². The fraction of sp³-hybridized carbons (Fsp3) is 0.0612. The molecule has 10 rings (SSSR count). The van der Waals surface area contributed by atoms with Crippen molar-refractivity contribution in [2.24, 2.45) is 0 Å². The van der Waals surface area contributed by atoms with Crippen molar-refractivity contribution in [3.8, 4) is 44.5 Å². The van der Waals surface area contributed by atoms with Gasteiger partial charge in [-0.15, -0.1) is 0 Å². The lowest BCUT2D eigenvalue weighted by Crippen LogP contribution is -2.14. The molecular formula is C49H34. The Morgan fingerprint density at radius 3 is 1.57 bits per heavy atom. The summed E-state index contributed by atoms with van der Waals surface area (Å²) in [6.07, 6.45) is 0. The van der Waals surface area contributed by atoms with E-state index in [4.69, 9.17) is 0 Å². The Hall–Kier alpha value is -5.98. The van der Waals surface area contributed by atoms with Crippen molar-refractivity contribution in [3.63, 3.8) is 0 Å². The van der Waals surface area contributed by atoms with Gasteiger partial charge in [0.2, 0.25) is 0 Å². The molecular weight excluding hydrogens is 589 g/mol. The Kier molecular flexibility index (Phi) is 6.02. The molecule has 0 N–H and O–H groups in total. The summed E-state index contributed by atoms with van der Waals surface area (Å²) in [6, 6.07) is 63.3. The monoisotopic (exact) mass is 622 g/mol. The Bertz CT molecular complexity index is 2800. The molecule has 230 valence electrons. The molecule has 9 aromatic rings. The zero-order valence-electron chi connectivity index (χ0n) is 27.7. The van der Waals surface area contributed by atoms with E-state index in [0.29, 0.717) is 0 Å². The largest absolute Gasteiger partial charge is 0.0619 e. The average Bonchev–Trinajstić information content (AvgIpc) is 3.39. The molecule has 1 aliphatic carbocycles. The summed E-state index contributed by atoms with van der Waals surface area (Å²) in [5, 5.41) is 10.2. The van der Waals surface area contributed by atoms with Crippen LogP contribution in [0, 0.1) is 0 Å². The van der Waals surface area contributed by atoms with Crippen LogP contribution >= 0.6 is 0 Å². The molecule has 0 saturated heterocycles. The molecule has 0 radical (unpaired) electrons. The zero-order chi connectivity index (χ0) is 32.7. The summed E-state index contributed by atoms with van der Waals surface area (Å²) >= 11 is 0. The molecule has 0 bridgehead atoms. The highest BCUT2D eigenvalue weighted by molar-refractivity contribution is 6.23. The highest BCUT2D eigenvalue weighted by Gasteiger charge is 2.37. The third-order valence-electron chi connectivity index (χ3n) is 11.0. The molecule has 0 unspecified atom stereocenters. The molecule has 0 heteroatoms. The Balaban J connectivity index is 1.34. The maximum absolute atomic E-state index is 2.46. The first kappa shape index (κ1) is 28.1. The van der Waals surface area contributed by atoms with Crippen LogP contribution in [0.1, 0.15) is 25.0 Å². The minimum Gasteiger partial charge on any atom is -0.0619 e. The van der Waals surface area contributed by atoms with Crippen molar-refractivity contribution in [1.29, 1.82) is 0 Å². The molecule has 0 heterocycles. The van der Waals surface area contributed by atoms with E-state index in [1.807, 2.05) is 0 Å². The van der Waals surface area contributed by atoms with Crippen LogP contribution in [0.5, 0.6) is 0 Å². The van der Waals surface area contributed by atoms with Crippen molar-refractivity contribution in [2.45, 2.75) is 19.3 Å². The van der Waals surface area contributed by atoms with Gasteiger partial charge in [-0.3, -0.25) is 0 Å². The second-order valence-electron chi connectivity index (χ2n) is 14.1. The molecule has 0 amide bonds. The van der Waals surface area contributed by atoms with Gasteiger partial charge in [0.1, 0.15) is 0 Å². The van der Waals surface area contributed by atoms with E-state index in [-0.39, 0.29) is 5.41 Å². The van der Waals surface area contributed by atoms with E-state index in [1.54, 1.807) is 0 Å². The van der Waals surface area contributed by atoms with Gasteiger partial charge in [-0.2, -0.15) is 0 Å². The van der Waals surface area contributed by atoms with Crippen molar-refractivity contribution >= 4 is 43.1 Å². The van der Waals surface area contributed by atoms with Gasteiger partial charge in [0.15, 0.2) is 0 Å². The summed E-state index contributed by atoms with van der Waals surface area (Å²) in [4.78, 5) is 0. The van der Waals surface area contributed by atoms with E-state index in [0.717, 1.165) is 0 Å². The van der Waals surface area contributed by atoms with E-state index in [2.05, 4.69) is 184 Å². The van der Waals surface area contributed by atoms with E-state index < -0.39 is 0 Å². The van der Waals surface area contributed by atoms with Gasteiger partial charge in [-0.25, -0.2) is 0 Å². The number of hydrogen-bond acceptors (Lipinski definition) is 0. The summed E-state index contributed by atoms with van der Waals surface area (Å²) in [6.45, 7) is 4.75. The lowest BCUT2D eigenvalue weighted by Gasteiger charge is -2.23.